The lowest BCUT2D eigenvalue weighted by atomic mass is 10.3. The molecule has 0 spiro atoms. The van der Waals surface area contributed by atoms with Gasteiger partial charge in [0.2, 0.25) is 0 Å². The standard InChI is InChI=1S/C14H16N4OS/c1-9-10(8-18(2)17-9)7-15-14-12(5-6-20-14)13(19)16-11-3-4-11/h5-8,11H,3-4H2,1-2H3,(H,16,19)/b15-7+. The van der Waals surface area contributed by atoms with Gasteiger partial charge < -0.3 is 5.32 Å². The summed E-state index contributed by atoms with van der Waals surface area (Å²) in [6.45, 7) is 1.94. The van der Waals surface area contributed by atoms with Gasteiger partial charge in [-0.1, -0.05) is 0 Å². The molecule has 2 heterocycles. The van der Waals surface area contributed by atoms with Crippen LogP contribution in [0.1, 0.15) is 34.5 Å². The van der Waals surface area contributed by atoms with Gasteiger partial charge in [-0.15, -0.1) is 11.3 Å². The Bertz CT molecular complexity index is 667. The van der Waals surface area contributed by atoms with Crippen molar-refractivity contribution in [3.05, 3.63) is 34.5 Å². The fourth-order valence-corrected chi connectivity index (χ4v) is 2.67. The number of aromatic nitrogens is 2. The second-order valence-corrected chi connectivity index (χ2v) is 5.88. The summed E-state index contributed by atoms with van der Waals surface area (Å²) >= 11 is 1.47. The minimum atomic E-state index is -0.0243. The molecule has 0 aromatic carbocycles. The summed E-state index contributed by atoms with van der Waals surface area (Å²) < 4.78 is 1.76. The highest BCUT2D eigenvalue weighted by molar-refractivity contribution is 7.14. The van der Waals surface area contributed by atoms with Crippen LogP contribution in [0.2, 0.25) is 0 Å². The lowest BCUT2D eigenvalue weighted by Gasteiger charge is -2.01. The normalized spacial score (nSPS) is 14.9. The molecule has 2 aromatic rings. The van der Waals surface area contributed by atoms with E-state index < -0.39 is 0 Å². The Morgan fingerprint density at radius 3 is 3.05 bits per heavy atom. The van der Waals surface area contributed by atoms with E-state index in [0.717, 1.165) is 29.1 Å². The van der Waals surface area contributed by atoms with Crippen molar-refractivity contribution in [3.8, 4) is 0 Å². The number of nitrogens with one attached hydrogen (secondary N) is 1. The second kappa shape index (κ2) is 5.20. The van der Waals surface area contributed by atoms with Gasteiger partial charge in [-0.3, -0.25) is 9.48 Å². The lowest BCUT2D eigenvalue weighted by Crippen LogP contribution is -2.24. The average molecular weight is 288 g/mol. The zero-order valence-electron chi connectivity index (χ0n) is 11.5. The molecular formula is C14H16N4OS. The highest BCUT2D eigenvalue weighted by atomic mass is 32.1. The van der Waals surface area contributed by atoms with Crippen LogP contribution >= 0.6 is 11.3 Å². The van der Waals surface area contributed by atoms with Gasteiger partial charge in [0.05, 0.1) is 11.3 Å². The number of nitrogens with zero attached hydrogens (tertiary/aromatic N) is 3. The van der Waals surface area contributed by atoms with Crippen LogP contribution in [0.4, 0.5) is 5.00 Å². The summed E-state index contributed by atoms with van der Waals surface area (Å²) in [6.07, 6.45) is 5.85. The molecule has 0 saturated heterocycles. The zero-order chi connectivity index (χ0) is 14.1. The number of hydrogen-bond acceptors (Lipinski definition) is 4. The highest BCUT2D eigenvalue weighted by Gasteiger charge is 2.25. The lowest BCUT2D eigenvalue weighted by molar-refractivity contribution is 0.0952. The molecule has 0 aliphatic heterocycles. The Labute approximate surface area is 121 Å². The Morgan fingerprint density at radius 1 is 1.60 bits per heavy atom. The predicted octanol–water partition coefficient (Wildman–Crippen LogP) is 2.43. The Balaban J connectivity index is 1.78. The maximum atomic E-state index is 12.1. The van der Waals surface area contributed by atoms with Crippen molar-refractivity contribution in [2.75, 3.05) is 0 Å². The first-order chi connectivity index (χ1) is 9.63. The smallest absolute Gasteiger partial charge is 0.254 e. The van der Waals surface area contributed by atoms with Crippen molar-refractivity contribution >= 4 is 28.5 Å². The van der Waals surface area contributed by atoms with E-state index in [0.29, 0.717) is 11.6 Å². The summed E-state index contributed by atoms with van der Waals surface area (Å²) in [5, 5.41) is 9.89. The molecule has 20 heavy (non-hydrogen) atoms. The van der Waals surface area contributed by atoms with Gasteiger partial charge in [0, 0.05) is 31.1 Å². The van der Waals surface area contributed by atoms with Crippen LogP contribution in [0.15, 0.2) is 22.6 Å². The van der Waals surface area contributed by atoms with E-state index in [2.05, 4.69) is 15.4 Å². The number of rotatable bonds is 4. The van der Waals surface area contributed by atoms with E-state index in [1.54, 1.807) is 10.9 Å². The minimum Gasteiger partial charge on any atom is -0.349 e. The van der Waals surface area contributed by atoms with E-state index in [-0.39, 0.29) is 5.91 Å². The molecule has 5 nitrogen and oxygen atoms in total. The van der Waals surface area contributed by atoms with Gasteiger partial charge in [0.1, 0.15) is 5.00 Å². The van der Waals surface area contributed by atoms with Gasteiger partial charge >= 0.3 is 0 Å². The van der Waals surface area contributed by atoms with Crippen molar-refractivity contribution in [3.63, 3.8) is 0 Å². The van der Waals surface area contributed by atoms with Crippen molar-refractivity contribution < 1.29 is 4.79 Å². The molecule has 3 rings (SSSR count). The molecular weight excluding hydrogens is 272 g/mol. The Hall–Kier alpha value is -1.95. The largest absolute Gasteiger partial charge is 0.349 e. The second-order valence-electron chi connectivity index (χ2n) is 4.99. The SMILES string of the molecule is Cc1nn(C)cc1/C=N/c1sccc1C(=O)NC1CC1. The molecule has 1 fully saturated rings. The molecule has 1 aliphatic rings. The summed E-state index contributed by atoms with van der Waals surface area (Å²) in [7, 11) is 1.88. The minimum absolute atomic E-state index is 0.0243. The topological polar surface area (TPSA) is 59.3 Å². The average Bonchev–Trinajstić information content (AvgIpc) is 2.98. The van der Waals surface area contributed by atoms with Crippen LogP contribution in [0.5, 0.6) is 0 Å². The molecule has 0 bridgehead atoms. The summed E-state index contributed by atoms with van der Waals surface area (Å²) in [4.78, 5) is 16.5. The Morgan fingerprint density at radius 2 is 2.40 bits per heavy atom. The maximum absolute atomic E-state index is 12.1. The number of carbonyl (C=O) groups excluding carboxylic acids is 1. The fraction of sp³-hybridized carbons (Fsp3) is 0.357. The molecule has 0 unspecified atom stereocenters. The monoisotopic (exact) mass is 288 g/mol. The zero-order valence-corrected chi connectivity index (χ0v) is 12.3. The fourth-order valence-electron chi connectivity index (χ4n) is 1.94. The van der Waals surface area contributed by atoms with E-state index >= 15 is 0 Å². The number of hydrogen-bond donors (Lipinski definition) is 1. The van der Waals surface area contributed by atoms with Crippen LogP contribution < -0.4 is 5.32 Å². The molecule has 1 aliphatic carbocycles. The predicted molar refractivity (Wildman–Crippen MR) is 80.0 cm³/mol. The summed E-state index contributed by atoms with van der Waals surface area (Å²) in [5.74, 6) is -0.0243. The first kappa shape index (κ1) is 13.1. The third kappa shape index (κ3) is 2.80. The molecule has 104 valence electrons. The first-order valence-corrected chi connectivity index (χ1v) is 7.44. The number of amides is 1. The maximum Gasteiger partial charge on any atom is 0.254 e. The van der Waals surface area contributed by atoms with E-state index in [1.807, 2.05) is 31.6 Å². The number of aliphatic imine (C=N–C) groups is 1. The van der Waals surface area contributed by atoms with E-state index in [9.17, 15) is 4.79 Å². The van der Waals surface area contributed by atoms with Gasteiger partial charge in [-0.05, 0) is 31.2 Å². The van der Waals surface area contributed by atoms with Crippen LogP contribution in [-0.4, -0.2) is 27.9 Å². The highest BCUT2D eigenvalue weighted by Crippen LogP contribution is 2.28. The third-order valence-electron chi connectivity index (χ3n) is 3.17. The molecule has 0 atom stereocenters. The van der Waals surface area contributed by atoms with Gasteiger partial charge in [-0.25, -0.2) is 4.99 Å². The number of thiophene rings is 1. The van der Waals surface area contributed by atoms with Crippen molar-refractivity contribution in [1.82, 2.24) is 15.1 Å². The van der Waals surface area contributed by atoms with Crippen molar-refractivity contribution in [2.45, 2.75) is 25.8 Å². The molecule has 1 N–H and O–H groups in total. The first-order valence-electron chi connectivity index (χ1n) is 6.56. The van der Waals surface area contributed by atoms with Gasteiger partial charge in [0.25, 0.3) is 5.91 Å². The molecule has 2 aromatic heterocycles. The van der Waals surface area contributed by atoms with Crippen molar-refractivity contribution in [2.24, 2.45) is 12.0 Å². The van der Waals surface area contributed by atoms with Crippen LogP contribution in [-0.2, 0) is 7.05 Å². The Kier molecular flexibility index (Phi) is 3.40. The van der Waals surface area contributed by atoms with Gasteiger partial charge in [-0.2, -0.15) is 5.10 Å². The van der Waals surface area contributed by atoms with Crippen LogP contribution in [0, 0.1) is 6.92 Å². The quantitative estimate of drug-likeness (QED) is 0.878. The van der Waals surface area contributed by atoms with Crippen LogP contribution in [0.25, 0.3) is 0 Å². The van der Waals surface area contributed by atoms with E-state index in [1.165, 1.54) is 11.3 Å². The van der Waals surface area contributed by atoms with Crippen molar-refractivity contribution in [1.29, 1.82) is 0 Å². The number of carbonyl (C=O) groups is 1. The molecule has 1 saturated carbocycles. The van der Waals surface area contributed by atoms with Crippen LogP contribution in [0.3, 0.4) is 0 Å². The number of aryl methyl sites for hydroxylation is 2. The molecule has 1 amide bonds. The molecule has 0 radical (unpaired) electrons. The summed E-state index contributed by atoms with van der Waals surface area (Å²) in [6, 6.07) is 2.19. The molecule has 6 heteroatoms. The summed E-state index contributed by atoms with van der Waals surface area (Å²) in [5.41, 5.74) is 2.55. The van der Waals surface area contributed by atoms with E-state index in [4.69, 9.17) is 0 Å². The third-order valence-corrected chi connectivity index (χ3v) is 4.00. The van der Waals surface area contributed by atoms with Gasteiger partial charge in [0.15, 0.2) is 0 Å².